The number of benzene rings is 1. The van der Waals surface area contributed by atoms with E-state index in [2.05, 4.69) is 80.8 Å². The Morgan fingerprint density at radius 1 is 0.571 bits per heavy atom. The monoisotopic (exact) mass is 410 g/mol. The van der Waals surface area contributed by atoms with Crippen molar-refractivity contribution >= 4 is 27.3 Å². The molecule has 0 N–H and O–H groups in total. The van der Waals surface area contributed by atoms with E-state index in [1.54, 1.807) is 55.7 Å². The van der Waals surface area contributed by atoms with Crippen LogP contribution in [0.5, 0.6) is 0 Å². The molecule has 0 spiro atoms. The molecule has 0 saturated heterocycles. The lowest BCUT2D eigenvalue weighted by Crippen LogP contribution is -2.33. The van der Waals surface area contributed by atoms with Crippen LogP contribution >= 0.6 is 0 Å². The maximum absolute atomic E-state index is 2.57. The summed E-state index contributed by atoms with van der Waals surface area (Å²) in [7, 11) is -2.71. The Hall–Kier alpha value is -0.866. The minimum Gasteiger partial charge on any atom is -0.0688 e. The molecule has 0 unspecified atom stereocenters. The van der Waals surface area contributed by atoms with Gasteiger partial charge in [0.1, 0.15) is 0 Å². The summed E-state index contributed by atoms with van der Waals surface area (Å²) in [6.45, 7) is 30.0. The molecule has 154 valence electrons. The Bertz CT molecular complexity index is 822. The molecule has 1 aromatic rings. The molecular weight excluding hydrogens is 368 g/mol. The van der Waals surface area contributed by atoms with Crippen LogP contribution in [0.1, 0.15) is 85.0 Å². The van der Waals surface area contributed by atoms with Gasteiger partial charge in [-0.15, -0.1) is 0 Å². The number of rotatable bonds is 4. The van der Waals surface area contributed by atoms with Crippen LogP contribution in [-0.4, -0.2) is 16.1 Å². The van der Waals surface area contributed by atoms with Gasteiger partial charge in [0.2, 0.25) is 0 Å². The summed E-state index contributed by atoms with van der Waals surface area (Å²) < 4.78 is 0. The van der Waals surface area contributed by atoms with E-state index in [0.29, 0.717) is 11.1 Å². The van der Waals surface area contributed by atoms with Gasteiger partial charge in [-0.2, -0.15) is 0 Å². The van der Waals surface area contributed by atoms with E-state index in [1.807, 2.05) is 0 Å². The quantitative estimate of drug-likeness (QED) is 0.436. The smallest absolute Gasteiger partial charge is 0.0569 e. The molecular formula is C26H42Si2. The second kappa shape index (κ2) is 6.84. The first kappa shape index (κ1) is 21.8. The van der Waals surface area contributed by atoms with Gasteiger partial charge in [-0.1, -0.05) is 64.3 Å². The summed E-state index contributed by atoms with van der Waals surface area (Å²) in [5.74, 6) is 0. The van der Waals surface area contributed by atoms with Crippen molar-refractivity contribution in [2.45, 2.75) is 105 Å². The van der Waals surface area contributed by atoms with E-state index < -0.39 is 16.1 Å². The van der Waals surface area contributed by atoms with Crippen molar-refractivity contribution in [2.75, 3.05) is 0 Å². The fourth-order valence-electron chi connectivity index (χ4n) is 6.69. The third kappa shape index (κ3) is 2.89. The average Bonchev–Trinajstić information content (AvgIpc) is 3.04. The van der Waals surface area contributed by atoms with Crippen molar-refractivity contribution in [1.29, 1.82) is 0 Å². The highest BCUT2D eigenvalue weighted by molar-refractivity contribution is 6.79. The van der Waals surface area contributed by atoms with Crippen molar-refractivity contribution in [3.8, 4) is 0 Å². The van der Waals surface area contributed by atoms with Gasteiger partial charge >= 0.3 is 0 Å². The molecule has 0 nitrogen and oxygen atoms in total. The lowest BCUT2D eigenvalue weighted by atomic mass is 9.86. The van der Waals surface area contributed by atoms with Crippen LogP contribution in [0, 0.1) is 13.8 Å². The number of fused-ring (bicyclic) bond motifs is 2. The van der Waals surface area contributed by atoms with Crippen molar-refractivity contribution in [1.82, 2.24) is 0 Å². The number of hydrogen-bond donors (Lipinski definition) is 0. The number of allylic oxidation sites excluding steroid dienone is 4. The molecule has 28 heavy (non-hydrogen) atoms. The maximum atomic E-state index is 2.57. The molecule has 1 aromatic carbocycles. The van der Waals surface area contributed by atoms with Crippen LogP contribution in [0.2, 0.25) is 39.3 Å². The standard InChI is InChI=1S/C26H42Si2/c1-13-19-15(3)21-17(5)24-22(18(6)23(21)25(19)27(7,8)9)16(4)20(14-2)26(24)28(10,11)12/h25-26H,13-14H2,1-12H3/t25-,26-/m1/s1. The van der Waals surface area contributed by atoms with Gasteiger partial charge in [-0.05, 0) is 85.1 Å². The highest BCUT2D eigenvalue weighted by atomic mass is 28.3. The average molecular weight is 411 g/mol. The van der Waals surface area contributed by atoms with Crippen LogP contribution in [0.15, 0.2) is 11.1 Å². The van der Waals surface area contributed by atoms with Crippen LogP contribution < -0.4 is 0 Å². The van der Waals surface area contributed by atoms with Crippen LogP contribution in [0.4, 0.5) is 0 Å². The fraction of sp³-hybridized carbons (Fsp3) is 0.615. The Kier molecular flexibility index (Phi) is 5.33. The second-order valence-corrected chi connectivity index (χ2v) is 22.1. The molecule has 0 aliphatic heterocycles. The molecule has 0 radical (unpaired) electrons. The van der Waals surface area contributed by atoms with E-state index >= 15 is 0 Å². The van der Waals surface area contributed by atoms with Gasteiger partial charge in [0.15, 0.2) is 0 Å². The summed E-state index contributed by atoms with van der Waals surface area (Å²) in [5.41, 5.74) is 18.1. The first-order chi connectivity index (χ1) is 12.8. The highest BCUT2D eigenvalue weighted by Gasteiger charge is 2.45. The molecule has 0 fully saturated rings. The zero-order valence-electron chi connectivity index (χ0n) is 20.6. The first-order valence-electron chi connectivity index (χ1n) is 11.4. The SMILES string of the molecule is CCC1=C(C)c2c(C)c3c(c(C)c2[C@@H]1[Si](C)(C)C)C(C)=C(CC)[C@H]3[Si](C)(C)C. The molecule has 0 saturated carbocycles. The Morgan fingerprint density at radius 3 is 1.07 bits per heavy atom. The predicted molar refractivity (Wildman–Crippen MR) is 134 cm³/mol. The maximum Gasteiger partial charge on any atom is 0.0569 e. The molecule has 2 heteroatoms. The third-order valence-corrected chi connectivity index (χ3v) is 12.3. The Labute approximate surface area is 176 Å². The lowest BCUT2D eigenvalue weighted by Gasteiger charge is -2.33. The van der Waals surface area contributed by atoms with E-state index in [4.69, 9.17) is 0 Å². The molecule has 0 amide bonds. The summed E-state index contributed by atoms with van der Waals surface area (Å²) in [6.07, 6.45) is 2.40. The molecule has 0 aromatic heterocycles. The topological polar surface area (TPSA) is 0 Å². The Morgan fingerprint density at radius 2 is 0.857 bits per heavy atom. The van der Waals surface area contributed by atoms with Crippen molar-refractivity contribution in [3.63, 3.8) is 0 Å². The van der Waals surface area contributed by atoms with Gasteiger partial charge in [-0.25, -0.2) is 0 Å². The Balaban J connectivity index is 2.45. The van der Waals surface area contributed by atoms with Gasteiger partial charge in [0.25, 0.3) is 0 Å². The fourth-order valence-corrected chi connectivity index (χ4v) is 12.1. The zero-order chi connectivity index (χ0) is 21.3. The van der Waals surface area contributed by atoms with Crippen molar-refractivity contribution < 1.29 is 0 Å². The molecule has 0 heterocycles. The van der Waals surface area contributed by atoms with Crippen LogP contribution in [0.3, 0.4) is 0 Å². The zero-order valence-corrected chi connectivity index (χ0v) is 22.6. The van der Waals surface area contributed by atoms with Gasteiger partial charge in [0, 0.05) is 11.1 Å². The molecule has 0 bridgehead atoms. The summed E-state index contributed by atoms with van der Waals surface area (Å²) in [5, 5.41) is 0. The number of hydrogen-bond acceptors (Lipinski definition) is 0. The van der Waals surface area contributed by atoms with Crippen LogP contribution in [0.25, 0.3) is 11.1 Å². The summed E-state index contributed by atoms with van der Waals surface area (Å²) in [4.78, 5) is 0. The third-order valence-electron chi connectivity index (χ3n) is 7.58. The van der Waals surface area contributed by atoms with E-state index in [9.17, 15) is 0 Å². The van der Waals surface area contributed by atoms with E-state index in [-0.39, 0.29) is 0 Å². The molecule has 2 aliphatic rings. The van der Waals surface area contributed by atoms with Crippen molar-refractivity contribution in [3.05, 3.63) is 44.5 Å². The van der Waals surface area contributed by atoms with E-state index in [1.165, 1.54) is 12.8 Å². The predicted octanol–water partition coefficient (Wildman–Crippen LogP) is 8.62. The van der Waals surface area contributed by atoms with Gasteiger partial charge in [0.05, 0.1) is 16.1 Å². The van der Waals surface area contributed by atoms with Gasteiger partial charge in [-0.3, -0.25) is 0 Å². The molecule has 3 rings (SSSR count). The van der Waals surface area contributed by atoms with Crippen LogP contribution in [-0.2, 0) is 0 Å². The van der Waals surface area contributed by atoms with Crippen molar-refractivity contribution in [2.24, 2.45) is 0 Å². The molecule has 2 aliphatic carbocycles. The normalized spacial score (nSPS) is 22.3. The first-order valence-corrected chi connectivity index (χ1v) is 18.5. The minimum absolute atomic E-state index is 0.695. The second-order valence-electron chi connectivity index (χ2n) is 11.4. The highest BCUT2D eigenvalue weighted by Crippen LogP contribution is 2.57. The van der Waals surface area contributed by atoms with Gasteiger partial charge < -0.3 is 0 Å². The lowest BCUT2D eigenvalue weighted by molar-refractivity contribution is 0.946. The minimum atomic E-state index is -1.35. The molecule has 2 atom stereocenters. The largest absolute Gasteiger partial charge is 0.0688 e. The van der Waals surface area contributed by atoms with E-state index in [0.717, 1.165) is 0 Å². The summed E-state index contributed by atoms with van der Waals surface area (Å²) >= 11 is 0. The summed E-state index contributed by atoms with van der Waals surface area (Å²) in [6, 6.07) is 0.